The van der Waals surface area contributed by atoms with Gasteiger partial charge in [0.05, 0.1) is 17.6 Å². The van der Waals surface area contributed by atoms with E-state index in [9.17, 15) is 9.59 Å². The second kappa shape index (κ2) is 8.15. The molecule has 3 rings (SSSR count). The van der Waals surface area contributed by atoms with Gasteiger partial charge in [0, 0.05) is 16.8 Å². The predicted molar refractivity (Wildman–Crippen MR) is 102 cm³/mol. The number of rotatable bonds is 3. The van der Waals surface area contributed by atoms with Gasteiger partial charge in [0.2, 0.25) is 0 Å². The molecule has 4 nitrogen and oxygen atoms in total. The van der Waals surface area contributed by atoms with Crippen molar-refractivity contribution < 1.29 is 14.3 Å². The summed E-state index contributed by atoms with van der Waals surface area (Å²) in [6.45, 7) is 0. The lowest BCUT2D eigenvalue weighted by Crippen LogP contribution is -2.12. The Morgan fingerprint density at radius 1 is 0.962 bits per heavy atom. The van der Waals surface area contributed by atoms with Crippen LogP contribution in [0.3, 0.4) is 0 Å². The molecule has 5 heteroatoms. The maximum absolute atomic E-state index is 12.4. The fraction of sp³-hybridized carbons (Fsp3) is 0.0476. The van der Waals surface area contributed by atoms with Crippen molar-refractivity contribution in [2.75, 3.05) is 12.4 Å². The van der Waals surface area contributed by atoms with Crippen LogP contribution in [0.1, 0.15) is 31.2 Å². The molecule has 0 spiro atoms. The minimum atomic E-state index is -0.436. The molecule has 0 fully saturated rings. The van der Waals surface area contributed by atoms with E-state index >= 15 is 0 Å². The molecule has 1 amide bonds. The first-order chi connectivity index (χ1) is 12.7. The molecule has 2 aromatic carbocycles. The number of anilines is 1. The number of carbonyl (C=O) groups excluding carboxylic acids is 2. The largest absolute Gasteiger partial charge is 0.465 e. The van der Waals surface area contributed by atoms with E-state index in [2.05, 4.69) is 21.9 Å². The van der Waals surface area contributed by atoms with Crippen molar-refractivity contribution in [1.29, 1.82) is 0 Å². The minimum Gasteiger partial charge on any atom is -0.465 e. The Hall–Kier alpha value is -3.36. The van der Waals surface area contributed by atoms with Gasteiger partial charge in [0.25, 0.3) is 5.91 Å². The van der Waals surface area contributed by atoms with Crippen LogP contribution in [-0.4, -0.2) is 19.0 Å². The smallest absolute Gasteiger partial charge is 0.337 e. The molecule has 0 aliphatic heterocycles. The summed E-state index contributed by atoms with van der Waals surface area (Å²) in [7, 11) is 1.32. The van der Waals surface area contributed by atoms with Gasteiger partial charge in [-0.15, -0.1) is 11.3 Å². The number of esters is 1. The molecule has 0 bridgehead atoms. The lowest BCUT2D eigenvalue weighted by Gasteiger charge is -2.06. The average Bonchev–Trinajstić information content (AvgIpc) is 3.20. The Labute approximate surface area is 155 Å². The molecular formula is C21H15NO3S. The topological polar surface area (TPSA) is 55.4 Å². The molecule has 0 aliphatic rings. The summed E-state index contributed by atoms with van der Waals surface area (Å²) in [4.78, 5) is 24.8. The van der Waals surface area contributed by atoms with Crippen molar-refractivity contribution in [3.63, 3.8) is 0 Å². The molecule has 0 unspecified atom stereocenters. The van der Waals surface area contributed by atoms with Crippen LogP contribution in [0.5, 0.6) is 0 Å². The zero-order valence-corrected chi connectivity index (χ0v) is 14.8. The first kappa shape index (κ1) is 17.5. The van der Waals surface area contributed by atoms with E-state index in [1.165, 1.54) is 7.11 Å². The van der Waals surface area contributed by atoms with E-state index < -0.39 is 5.97 Å². The van der Waals surface area contributed by atoms with E-state index in [-0.39, 0.29) is 5.91 Å². The van der Waals surface area contributed by atoms with Crippen LogP contribution in [-0.2, 0) is 4.74 Å². The minimum absolute atomic E-state index is 0.259. The normalized spacial score (nSPS) is 9.73. The van der Waals surface area contributed by atoms with Crippen LogP contribution in [0, 0.1) is 11.8 Å². The molecule has 1 N–H and O–H groups in total. The molecule has 26 heavy (non-hydrogen) atoms. The summed E-state index contributed by atoms with van der Waals surface area (Å²) in [6, 6.07) is 17.6. The van der Waals surface area contributed by atoms with Crippen LogP contribution < -0.4 is 5.32 Å². The van der Waals surface area contributed by atoms with Crippen molar-refractivity contribution in [3.05, 3.63) is 87.6 Å². The fourth-order valence-corrected chi connectivity index (χ4v) is 2.81. The van der Waals surface area contributed by atoms with E-state index in [4.69, 9.17) is 0 Å². The van der Waals surface area contributed by atoms with Crippen molar-refractivity contribution in [1.82, 2.24) is 0 Å². The highest BCUT2D eigenvalue weighted by Crippen LogP contribution is 2.13. The van der Waals surface area contributed by atoms with Gasteiger partial charge in [0.1, 0.15) is 0 Å². The second-order valence-corrected chi connectivity index (χ2v) is 6.28. The molecule has 3 aromatic rings. The van der Waals surface area contributed by atoms with Crippen molar-refractivity contribution in [3.8, 4) is 11.8 Å². The molecule has 1 aromatic heterocycles. The SMILES string of the molecule is COC(=O)c1ccc(C(=O)Nc2cccc(C#Cc3cccs3)c2)cc1. The van der Waals surface area contributed by atoms with Crippen molar-refractivity contribution in [2.45, 2.75) is 0 Å². The van der Waals surface area contributed by atoms with E-state index in [0.29, 0.717) is 16.8 Å². The Kier molecular flexibility index (Phi) is 5.47. The second-order valence-electron chi connectivity index (χ2n) is 5.33. The lowest BCUT2D eigenvalue weighted by atomic mass is 10.1. The van der Waals surface area contributed by atoms with Gasteiger partial charge in [-0.2, -0.15) is 0 Å². The first-order valence-electron chi connectivity index (χ1n) is 7.81. The Balaban J connectivity index is 1.71. The fourth-order valence-electron chi connectivity index (χ4n) is 2.24. The lowest BCUT2D eigenvalue weighted by molar-refractivity contribution is 0.0600. The summed E-state index contributed by atoms with van der Waals surface area (Å²) < 4.78 is 4.64. The Morgan fingerprint density at radius 2 is 1.73 bits per heavy atom. The van der Waals surface area contributed by atoms with Crippen LogP contribution in [0.4, 0.5) is 5.69 Å². The van der Waals surface area contributed by atoms with E-state index in [1.54, 1.807) is 41.7 Å². The molecule has 0 atom stereocenters. The van der Waals surface area contributed by atoms with Gasteiger partial charge in [-0.25, -0.2) is 4.79 Å². The highest BCUT2D eigenvalue weighted by Gasteiger charge is 2.09. The third kappa shape index (κ3) is 4.38. The van der Waals surface area contributed by atoms with Crippen molar-refractivity contribution >= 4 is 28.9 Å². The van der Waals surface area contributed by atoms with Crippen LogP contribution in [0.15, 0.2) is 66.0 Å². The zero-order valence-electron chi connectivity index (χ0n) is 14.0. The van der Waals surface area contributed by atoms with Crippen LogP contribution in [0.2, 0.25) is 0 Å². The number of carbonyl (C=O) groups is 2. The number of benzene rings is 2. The maximum atomic E-state index is 12.4. The molecule has 0 saturated carbocycles. The third-order valence-corrected chi connectivity index (χ3v) is 4.33. The number of nitrogens with one attached hydrogen (secondary N) is 1. The Bertz CT molecular complexity index is 980. The molecule has 1 heterocycles. The third-order valence-electron chi connectivity index (χ3n) is 3.54. The predicted octanol–water partition coefficient (Wildman–Crippen LogP) is 4.19. The first-order valence-corrected chi connectivity index (χ1v) is 8.69. The standard InChI is InChI=1S/C21H15NO3S/c1-25-21(24)17-10-8-16(9-11-17)20(23)22-18-5-2-4-15(14-18)7-12-19-6-3-13-26-19/h2-6,8-11,13-14H,1H3,(H,22,23). The Morgan fingerprint density at radius 3 is 2.42 bits per heavy atom. The molecular weight excluding hydrogens is 346 g/mol. The molecule has 0 saturated heterocycles. The summed E-state index contributed by atoms with van der Waals surface area (Å²) in [5, 5.41) is 4.81. The average molecular weight is 361 g/mol. The molecule has 128 valence electrons. The van der Waals surface area contributed by atoms with Gasteiger partial charge in [0.15, 0.2) is 0 Å². The van der Waals surface area contributed by atoms with Crippen LogP contribution in [0.25, 0.3) is 0 Å². The van der Waals surface area contributed by atoms with Crippen LogP contribution >= 0.6 is 11.3 Å². The quantitative estimate of drug-likeness (QED) is 0.562. The number of thiophene rings is 1. The molecule has 0 radical (unpaired) electrons. The highest BCUT2D eigenvalue weighted by molar-refractivity contribution is 7.10. The van der Waals surface area contributed by atoms with Gasteiger partial charge in [-0.1, -0.05) is 24.0 Å². The number of amides is 1. The van der Waals surface area contributed by atoms with E-state index in [1.807, 2.05) is 35.7 Å². The number of hydrogen-bond donors (Lipinski definition) is 1. The summed E-state index contributed by atoms with van der Waals surface area (Å²) in [5.74, 6) is 5.48. The van der Waals surface area contributed by atoms with Gasteiger partial charge < -0.3 is 10.1 Å². The summed E-state index contributed by atoms with van der Waals surface area (Å²) in [6.07, 6.45) is 0. The monoisotopic (exact) mass is 361 g/mol. The molecule has 0 aliphatic carbocycles. The van der Waals surface area contributed by atoms with Gasteiger partial charge in [-0.3, -0.25) is 4.79 Å². The van der Waals surface area contributed by atoms with E-state index in [0.717, 1.165) is 10.4 Å². The number of hydrogen-bond acceptors (Lipinski definition) is 4. The van der Waals surface area contributed by atoms with Gasteiger partial charge in [-0.05, 0) is 53.9 Å². The van der Waals surface area contributed by atoms with Gasteiger partial charge >= 0.3 is 5.97 Å². The number of methoxy groups -OCH3 is 1. The maximum Gasteiger partial charge on any atom is 0.337 e. The number of ether oxygens (including phenoxy) is 1. The summed E-state index contributed by atoms with van der Waals surface area (Å²) >= 11 is 1.58. The van der Waals surface area contributed by atoms with Crippen molar-refractivity contribution in [2.24, 2.45) is 0 Å². The summed E-state index contributed by atoms with van der Waals surface area (Å²) in [5.41, 5.74) is 2.32. The highest BCUT2D eigenvalue weighted by atomic mass is 32.1. The zero-order chi connectivity index (χ0) is 18.4.